The van der Waals surface area contributed by atoms with Crippen molar-refractivity contribution in [1.29, 1.82) is 0 Å². The molecular weight excluding hydrogens is 261 g/mol. The maximum atomic E-state index is 14.2. The van der Waals surface area contributed by atoms with E-state index in [9.17, 15) is 4.39 Å². The highest BCUT2D eigenvalue weighted by Gasteiger charge is 2.19. The van der Waals surface area contributed by atoms with Gasteiger partial charge in [-0.05, 0) is 38.1 Å². The average Bonchev–Trinajstić information content (AvgIpc) is 2.39. The molecule has 0 amide bonds. The Morgan fingerprint density at radius 2 is 1.84 bits per heavy atom. The van der Waals surface area contributed by atoms with Crippen molar-refractivity contribution in [1.82, 2.24) is 5.32 Å². The summed E-state index contributed by atoms with van der Waals surface area (Å²) < 4.78 is 14.2. The van der Waals surface area contributed by atoms with Gasteiger partial charge >= 0.3 is 0 Å². The molecule has 0 saturated carbocycles. The molecule has 0 aliphatic heterocycles. The second-order valence-corrected chi connectivity index (χ2v) is 5.13. The Bertz CT molecular complexity index is 593. The van der Waals surface area contributed by atoms with Gasteiger partial charge in [-0.3, -0.25) is 0 Å². The van der Waals surface area contributed by atoms with Crippen LogP contribution in [0.15, 0.2) is 36.4 Å². The fraction of sp³-hybridized carbons (Fsp3) is 0.250. The SMILES string of the molecule is CNC(c1cc(C)ccc1C)c1cccc(Cl)c1F. The van der Waals surface area contributed by atoms with Gasteiger partial charge in [-0.25, -0.2) is 4.39 Å². The lowest BCUT2D eigenvalue weighted by Gasteiger charge is -2.21. The first-order chi connectivity index (χ1) is 9.04. The molecule has 0 aliphatic rings. The van der Waals surface area contributed by atoms with Crippen molar-refractivity contribution in [2.45, 2.75) is 19.9 Å². The number of halogens is 2. The molecule has 19 heavy (non-hydrogen) atoms. The predicted octanol–water partition coefficient (Wildman–Crippen LogP) is 4.40. The molecule has 1 nitrogen and oxygen atoms in total. The fourth-order valence-electron chi connectivity index (χ4n) is 2.29. The second kappa shape index (κ2) is 5.72. The molecule has 0 saturated heterocycles. The van der Waals surface area contributed by atoms with Crippen molar-refractivity contribution in [2.24, 2.45) is 0 Å². The number of hydrogen-bond donors (Lipinski definition) is 1. The summed E-state index contributed by atoms with van der Waals surface area (Å²) in [5.74, 6) is -0.357. The van der Waals surface area contributed by atoms with Gasteiger partial charge in [0.25, 0.3) is 0 Å². The smallest absolute Gasteiger partial charge is 0.146 e. The molecular formula is C16H17ClFN. The van der Waals surface area contributed by atoms with E-state index in [1.807, 2.05) is 20.9 Å². The van der Waals surface area contributed by atoms with Crippen LogP contribution in [0.3, 0.4) is 0 Å². The van der Waals surface area contributed by atoms with Crippen molar-refractivity contribution >= 4 is 11.6 Å². The Morgan fingerprint density at radius 1 is 1.11 bits per heavy atom. The van der Waals surface area contributed by atoms with Crippen LogP contribution < -0.4 is 5.32 Å². The summed E-state index contributed by atoms with van der Waals surface area (Å²) in [4.78, 5) is 0. The van der Waals surface area contributed by atoms with Crippen molar-refractivity contribution in [2.75, 3.05) is 7.05 Å². The van der Waals surface area contributed by atoms with Gasteiger partial charge in [0.05, 0.1) is 11.1 Å². The zero-order valence-corrected chi connectivity index (χ0v) is 12.1. The summed E-state index contributed by atoms with van der Waals surface area (Å²) in [6.45, 7) is 4.06. The quantitative estimate of drug-likeness (QED) is 0.876. The Balaban J connectivity index is 2.56. The first-order valence-corrected chi connectivity index (χ1v) is 6.60. The molecule has 2 aromatic rings. The number of rotatable bonds is 3. The van der Waals surface area contributed by atoms with E-state index in [2.05, 4.69) is 23.5 Å². The van der Waals surface area contributed by atoms with Gasteiger partial charge in [0.1, 0.15) is 5.82 Å². The minimum atomic E-state index is -0.357. The van der Waals surface area contributed by atoms with E-state index in [4.69, 9.17) is 11.6 Å². The van der Waals surface area contributed by atoms with Crippen LogP contribution in [0.5, 0.6) is 0 Å². The van der Waals surface area contributed by atoms with Crippen LogP contribution in [-0.4, -0.2) is 7.05 Å². The lowest BCUT2D eigenvalue weighted by atomic mass is 9.93. The zero-order valence-electron chi connectivity index (χ0n) is 11.3. The third kappa shape index (κ3) is 2.80. The molecule has 0 fully saturated rings. The Morgan fingerprint density at radius 3 is 2.53 bits per heavy atom. The van der Waals surface area contributed by atoms with Crippen molar-refractivity contribution in [3.63, 3.8) is 0 Å². The molecule has 2 rings (SSSR count). The number of hydrogen-bond acceptors (Lipinski definition) is 1. The Kier molecular flexibility index (Phi) is 4.23. The summed E-state index contributed by atoms with van der Waals surface area (Å²) in [6, 6.07) is 11.1. The average molecular weight is 278 g/mol. The van der Waals surface area contributed by atoms with E-state index in [1.165, 1.54) is 0 Å². The molecule has 2 aromatic carbocycles. The molecule has 1 unspecified atom stereocenters. The van der Waals surface area contributed by atoms with Gasteiger partial charge in [0, 0.05) is 5.56 Å². The first kappa shape index (κ1) is 14.0. The van der Waals surface area contributed by atoms with E-state index in [0.29, 0.717) is 5.56 Å². The third-order valence-corrected chi connectivity index (χ3v) is 3.62. The van der Waals surface area contributed by atoms with Crippen LogP contribution in [-0.2, 0) is 0 Å². The van der Waals surface area contributed by atoms with Crippen molar-refractivity contribution in [3.05, 3.63) is 69.5 Å². The summed E-state index contributed by atoms with van der Waals surface area (Å²) in [7, 11) is 1.83. The minimum Gasteiger partial charge on any atom is -0.309 e. The first-order valence-electron chi connectivity index (χ1n) is 6.23. The van der Waals surface area contributed by atoms with E-state index < -0.39 is 0 Å². The van der Waals surface area contributed by atoms with Crippen LogP contribution in [0.2, 0.25) is 5.02 Å². The Hall–Kier alpha value is -1.38. The number of aryl methyl sites for hydroxylation is 2. The van der Waals surface area contributed by atoms with Crippen LogP contribution in [0.25, 0.3) is 0 Å². The molecule has 0 aliphatic carbocycles. The highest BCUT2D eigenvalue weighted by molar-refractivity contribution is 6.30. The van der Waals surface area contributed by atoms with Crippen LogP contribution in [0.1, 0.15) is 28.3 Å². The summed E-state index contributed by atoms with van der Waals surface area (Å²) >= 11 is 5.87. The molecule has 0 radical (unpaired) electrons. The van der Waals surface area contributed by atoms with E-state index >= 15 is 0 Å². The van der Waals surface area contributed by atoms with Gasteiger partial charge in [0.2, 0.25) is 0 Å². The monoisotopic (exact) mass is 277 g/mol. The molecule has 0 aromatic heterocycles. The van der Waals surface area contributed by atoms with E-state index in [0.717, 1.165) is 16.7 Å². The molecule has 3 heteroatoms. The van der Waals surface area contributed by atoms with Gasteiger partial charge < -0.3 is 5.32 Å². The van der Waals surface area contributed by atoms with E-state index in [-0.39, 0.29) is 16.9 Å². The maximum absolute atomic E-state index is 14.2. The lowest BCUT2D eigenvalue weighted by Crippen LogP contribution is -2.20. The zero-order chi connectivity index (χ0) is 14.0. The van der Waals surface area contributed by atoms with Crippen LogP contribution in [0.4, 0.5) is 4.39 Å². The van der Waals surface area contributed by atoms with E-state index in [1.54, 1.807) is 18.2 Å². The fourth-order valence-corrected chi connectivity index (χ4v) is 2.47. The van der Waals surface area contributed by atoms with Gasteiger partial charge in [-0.15, -0.1) is 0 Å². The Labute approximate surface area is 118 Å². The molecule has 0 bridgehead atoms. The lowest BCUT2D eigenvalue weighted by molar-refractivity contribution is 0.575. The predicted molar refractivity (Wildman–Crippen MR) is 78.2 cm³/mol. The highest BCUT2D eigenvalue weighted by Crippen LogP contribution is 2.30. The topological polar surface area (TPSA) is 12.0 Å². The molecule has 1 N–H and O–H groups in total. The minimum absolute atomic E-state index is 0.156. The standard InChI is InChI=1S/C16H17ClFN/c1-10-7-8-11(2)13(9-10)16(19-3)12-5-4-6-14(17)15(12)18/h4-9,16,19H,1-3H3. The number of benzene rings is 2. The molecule has 0 heterocycles. The van der Waals surface area contributed by atoms with Gasteiger partial charge in [-0.1, -0.05) is 47.5 Å². The van der Waals surface area contributed by atoms with Crippen LogP contribution >= 0.6 is 11.6 Å². The normalized spacial score (nSPS) is 12.5. The number of nitrogens with one attached hydrogen (secondary N) is 1. The molecule has 0 spiro atoms. The maximum Gasteiger partial charge on any atom is 0.146 e. The second-order valence-electron chi connectivity index (χ2n) is 4.72. The summed E-state index contributed by atoms with van der Waals surface area (Å²) in [5.41, 5.74) is 3.93. The highest BCUT2D eigenvalue weighted by atomic mass is 35.5. The van der Waals surface area contributed by atoms with Crippen molar-refractivity contribution in [3.8, 4) is 0 Å². The van der Waals surface area contributed by atoms with Gasteiger partial charge in [-0.2, -0.15) is 0 Å². The van der Waals surface area contributed by atoms with Crippen molar-refractivity contribution < 1.29 is 4.39 Å². The third-order valence-electron chi connectivity index (χ3n) is 3.33. The molecule has 1 atom stereocenters. The molecule has 100 valence electrons. The largest absolute Gasteiger partial charge is 0.309 e. The van der Waals surface area contributed by atoms with Crippen LogP contribution in [0, 0.1) is 19.7 Å². The summed E-state index contributed by atoms with van der Waals surface area (Å²) in [5, 5.41) is 3.33. The summed E-state index contributed by atoms with van der Waals surface area (Å²) in [6.07, 6.45) is 0. The van der Waals surface area contributed by atoms with Gasteiger partial charge in [0.15, 0.2) is 0 Å².